The summed E-state index contributed by atoms with van der Waals surface area (Å²) in [6.45, 7) is 0. The first-order chi connectivity index (χ1) is 12.7. The summed E-state index contributed by atoms with van der Waals surface area (Å²) in [5.41, 5.74) is -0.932. The van der Waals surface area contributed by atoms with Gasteiger partial charge in [0.1, 0.15) is 6.04 Å². The number of sulfonamides is 1. The maximum absolute atomic E-state index is 12.8. The van der Waals surface area contributed by atoms with E-state index in [9.17, 15) is 26.4 Å². The largest absolute Gasteiger partial charge is 0.416 e. The lowest BCUT2D eigenvalue weighted by Gasteiger charge is -2.22. The van der Waals surface area contributed by atoms with Crippen LogP contribution in [0, 0.1) is 0 Å². The molecule has 3 rings (SSSR count). The summed E-state index contributed by atoms with van der Waals surface area (Å²) in [4.78, 5) is 12.6. The molecule has 0 radical (unpaired) electrons. The molecule has 1 fully saturated rings. The molecule has 5 nitrogen and oxygen atoms in total. The van der Waals surface area contributed by atoms with Crippen molar-refractivity contribution >= 4 is 33.4 Å². The van der Waals surface area contributed by atoms with Crippen molar-refractivity contribution < 1.29 is 26.4 Å². The summed E-state index contributed by atoms with van der Waals surface area (Å²) >= 11 is 1.26. The maximum atomic E-state index is 12.8. The minimum absolute atomic E-state index is 0.0382. The van der Waals surface area contributed by atoms with Crippen molar-refractivity contribution in [2.75, 3.05) is 16.9 Å². The van der Waals surface area contributed by atoms with Crippen LogP contribution in [0.15, 0.2) is 59.5 Å². The van der Waals surface area contributed by atoms with E-state index in [2.05, 4.69) is 5.32 Å². The molecule has 0 bridgehead atoms. The van der Waals surface area contributed by atoms with E-state index in [-0.39, 0.29) is 22.2 Å². The van der Waals surface area contributed by atoms with Gasteiger partial charge in [0.05, 0.1) is 16.3 Å². The number of nitrogens with one attached hydrogen (secondary N) is 1. The molecule has 10 heteroatoms. The predicted octanol–water partition coefficient (Wildman–Crippen LogP) is 3.41. The number of hydrogen-bond donors (Lipinski definition) is 1. The third-order valence-corrected chi connectivity index (χ3v) is 7.00. The molecule has 2 aromatic carbocycles. The zero-order valence-electron chi connectivity index (χ0n) is 13.8. The van der Waals surface area contributed by atoms with Crippen LogP contribution in [0.3, 0.4) is 0 Å². The zero-order valence-corrected chi connectivity index (χ0v) is 15.4. The third-order valence-electron chi connectivity index (χ3n) is 3.95. The molecular weight excluding hydrogens is 401 g/mol. The lowest BCUT2D eigenvalue weighted by Crippen LogP contribution is -2.44. The summed E-state index contributed by atoms with van der Waals surface area (Å²) in [5.74, 6) is -0.353. The highest BCUT2D eigenvalue weighted by atomic mass is 32.2. The number of carbonyl (C=O) groups is 1. The maximum Gasteiger partial charge on any atom is 0.416 e. The summed E-state index contributed by atoms with van der Waals surface area (Å²) < 4.78 is 65.0. The van der Waals surface area contributed by atoms with Crippen LogP contribution in [0.25, 0.3) is 0 Å². The molecule has 0 saturated carbocycles. The molecule has 1 unspecified atom stereocenters. The van der Waals surface area contributed by atoms with Gasteiger partial charge in [0.25, 0.3) is 0 Å². The Morgan fingerprint density at radius 2 is 1.81 bits per heavy atom. The summed E-state index contributed by atoms with van der Waals surface area (Å²) in [6.07, 6.45) is -4.54. The third kappa shape index (κ3) is 4.28. The second-order valence-corrected chi connectivity index (χ2v) is 8.68. The Morgan fingerprint density at radius 1 is 1.11 bits per heavy atom. The first-order valence-electron chi connectivity index (χ1n) is 7.82. The number of amides is 1. The summed E-state index contributed by atoms with van der Waals surface area (Å²) in [7, 11) is -3.88. The van der Waals surface area contributed by atoms with Gasteiger partial charge in [-0.3, -0.25) is 4.79 Å². The van der Waals surface area contributed by atoms with E-state index in [0.717, 1.165) is 16.4 Å². The van der Waals surface area contributed by atoms with Gasteiger partial charge in [0, 0.05) is 11.4 Å². The van der Waals surface area contributed by atoms with E-state index >= 15 is 0 Å². The van der Waals surface area contributed by atoms with Gasteiger partial charge in [-0.2, -0.15) is 17.5 Å². The topological polar surface area (TPSA) is 66.5 Å². The van der Waals surface area contributed by atoms with Crippen LogP contribution in [-0.4, -0.2) is 36.3 Å². The van der Waals surface area contributed by atoms with Crippen molar-refractivity contribution in [3.8, 4) is 0 Å². The average Bonchev–Trinajstić information content (AvgIpc) is 3.13. The monoisotopic (exact) mass is 416 g/mol. The molecule has 0 spiro atoms. The highest BCUT2D eigenvalue weighted by Gasteiger charge is 2.40. The van der Waals surface area contributed by atoms with Crippen molar-refractivity contribution in [1.29, 1.82) is 0 Å². The number of rotatable bonds is 4. The fraction of sp³-hybridized carbons (Fsp3) is 0.235. The van der Waals surface area contributed by atoms with Crippen molar-refractivity contribution in [2.24, 2.45) is 0 Å². The number of thioether (sulfide) groups is 1. The van der Waals surface area contributed by atoms with Gasteiger partial charge in [0.15, 0.2) is 0 Å². The number of hydrogen-bond acceptors (Lipinski definition) is 4. The molecule has 1 atom stereocenters. The van der Waals surface area contributed by atoms with Crippen molar-refractivity contribution in [3.63, 3.8) is 0 Å². The predicted molar refractivity (Wildman–Crippen MR) is 96.7 cm³/mol. The molecule has 0 aliphatic carbocycles. The zero-order chi connectivity index (χ0) is 19.7. The van der Waals surface area contributed by atoms with Gasteiger partial charge in [-0.15, -0.1) is 11.8 Å². The number of anilines is 1. The second kappa shape index (κ2) is 7.53. The molecule has 1 aliphatic heterocycles. The average molecular weight is 416 g/mol. The Hall–Kier alpha value is -2.04. The Bertz CT molecular complexity index is 934. The lowest BCUT2D eigenvalue weighted by molar-refractivity contribution is -0.137. The van der Waals surface area contributed by atoms with Gasteiger partial charge >= 0.3 is 6.18 Å². The van der Waals surface area contributed by atoms with Gasteiger partial charge < -0.3 is 5.32 Å². The van der Waals surface area contributed by atoms with Crippen molar-refractivity contribution in [3.05, 3.63) is 60.2 Å². The van der Waals surface area contributed by atoms with Gasteiger partial charge in [-0.05, 0) is 30.3 Å². The Balaban J connectivity index is 1.81. The highest BCUT2D eigenvalue weighted by molar-refractivity contribution is 8.00. The molecule has 27 heavy (non-hydrogen) atoms. The summed E-state index contributed by atoms with van der Waals surface area (Å²) in [6, 6.07) is 10.9. The van der Waals surface area contributed by atoms with Crippen LogP contribution in [0.1, 0.15) is 5.56 Å². The SMILES string of the molecule is O=C(Nc1cccc(C(F)(F)F)c1)C1CSCN1S(=O)(=O)c1ccccc1. The van der Waals surface area contributed by atoms with Crippen LogP contribution in [0.2, 0.25) is 0 Å². The minimum Gasteiger partial charge on any atom is -0.325 e. The molecule has 1 aliphatic rings. The number of benzene rings is 2. The molecule has 1 heterocycles. The van der Waals surface area contributed by atoms with Gasteiger partial charge in [0.2, 0.25) is 15.9 Å². The molecule has 2 aromatic rings. The molecular formula is C17H15F3N2O3S2. The van der Waals surface area contributed by atoms with Crippen LogP contribution >= 0.6 is 11.8 Å². The van der Waals surface area contributed by atoms with E-state index in [0.29, 0.717) is 0 Å². The first kappa shape index (κ1) is 19.7. The molecule has 1 N–H and O–H groups in total. The standard InChI is InChI=1S/C17H15F3N2O3S2/c18-17(19,20)12-5-4-6-13(9-12)21-16(23)15-10-26-11-22(15)27(24,25)14-7-2-1-3-8-14/h1-9,15H,10-11H2,(H,21,23). The molecule has 1 saturated heterocycles. The number of alkyl halides is 3. The normalized spacial score (nSPS) is 18.4. The van der Waals surface area contributed by atoms with Gasteiger partial charge in [-0.25, -0.2) is 8.42 Å². The van der Waals surface area contributed by atoms with Crippen molar-refractivity contribution in [1.82, 2.24) is 4.31 Å². The number of halogens is 3. The van der Waals surface area contributed by atoms with Crippen LogP contribution < -0.4 is 5.32 Å². The minimum atomic E-state index is -4.54. The van der Waals surface area contributed by atoms with E-state index in [1.807, 2.05) is 0 Å². The number of nitrogens with zero attached hydrogens (tertiary/aromatic N) is 1. The second-order valence-electron chi connectivity index (χ2n) is 5.79. The molecule has 1 amide bonds. The van der Waals surface area contributed by atoms with Gasteiger partial charge in [-0.1, -0.05) is 24.3 Å². The fourth-order valence-corrected chi connectivity index (χ4v) is 5.77. The van der Waals surface area contributed by atoms with Crippen LogP contribution in [-0.2, 0) is 21.0 Å². The molecule has 0 aromatic heterocycles. The summed E-state index contributed by atoms with van der Waals surface area (Å²) in [5, 5.41) is 2.39. The first-order valence-corrected chi connectivity index (χ1v) is 10.4. The van der Waals surface area contributed by atoms with E-state index in [1.54, 1.807) is 18.2 Å². The Kier molecular flexibility index (Phi) is 5.50. The Labute approximate surface area is 158 Å². The quantitative estimate of drug-likeness (QED) is 0.830. The van der Waals surface area contributed by atoms with Crippen LogP contribution in [0.4, 0.5) is 18.9 Å². The molecule has 144 valence electrons. The van der Waals surface area contributed by atoms with Crippen LogP contribution in [0.5, 0.6) is 0 Å². The smallest absolute Gasteiger partial charge is 0.325 e. The van der Waals surface area contributed by atoms with Crippen molar-refractivity contribution in [2.45, 2.75) is 17.1 Å². The van der Waals surface area contributed by atoms with E-state index in [4.69, 9.17) is 0 Å². The Morgan fingerprint density at radius 3 is 2.48 bits per heavy atom. The van der Waals surface area contributed by atoms with E-state index < -0.39 is 33.7 Å². The number of carbonyl (C=O) groups excluding carboxylic acids is 1. The lowest BCUT2D eigenvalue weighted by atomic mass is 10.2. The fourth-order valence-electron chi connectivity index (χ4n) is 2.60. The highest BCUT2D eigenvalue weighted by Crippen LogP contribution is 2.32. The van der Waals surface area contributed by atoms with E-state index in [1.165, 1.54) is 36.0 Å².